The van der Waals surface area contributed by atoms with Crippen molar-refractivity contribution in [2.24, 2.45) is 0 Å². The number of nitrogens with zero attached hydrogens (tertiary/aromatic N) is 8. The molecule has 0 radical (unpaired) electrons. The van der Waals surface area contributed by atoms with Crippen LogP contribution in [0.2, 0.25) is 0 Å². The molecule has 4 heterocycles. The molecular weight excluding hydrogens is 298 g/mol. The quantitative estimate of drug-likeness (QED) is 0.570. The van der Waals surface area contributed by atoms with E-state index in [1.165, 1.54) is 6.33 Å². The number of fused-ring (bicyclic) bond motifs is 1. The number of hydrogen-bond acceptors (Lipinski definition) is 8. The van der Waals surface area contributed by atoms with Gasteiger partial charge < -0.3 is 14.4 Å². The molecule has 0 amide bonds. The molecule has 0 saturated carbocycles. The van der Waals surface area contributed by atoms with E-state index >= 15 is 0 Å². The van der Waals surface area contributed by atoms with E-state index in [0.717, 1.165) is 11.3 Å². The van der Waals surface area contributed by atoms with Gasteiger partial charge in [0.1, 0.15) is 18.4 Å². The van der Waals surface area contributed by atoms with Gasteiger partial charge in [-0.25, -0.2) is 15.0 Å². The fourth-order valence-corrected chi connectivity index (χ4v) is 2.28. The Hall–Kier alpha value is -3.30. The summed E-state index contributed by atoms with van der Waals surface area (Å²) in [5, 5.41) is 8.08. The minimum atomic E-state index is 0.428. The second kappa shape index (κ2) is 5.48. The molecule has 0 spiro atoms. The molecule has 0 aromatic carbocycles. The van der Waals surface area contributed by atoms with Gasteiger partial charge in [0, 0.05) is 19.4 Å². The molecule has 10 nitrogen and oxygen atoms in total. The maximum atomic E-state index is 5.29. The highest BCUT2D eigenvalue weighted by Gasteiger charge is 2.14. The Morgan fingerprint density at radius 2 is 2.26 bits per heavy atom. The Bertz CT molecular complexity index is 910. The number of imidazole rings is 1. The van der Waals surface area contributed by atoms with Crippen LogP contribution in [0.1, 0.15) is 11.7 Å². The predicted molar refractivity (Wildman–Crippen MR) is 79.4 cm³/mol. The van der Waals surface area contributed by atoms with E-state index in [9.17, 15) is 0 Å². The lowest BCUT2D eigenvalue weighted by Crippen LogP contribution is -2.18. The van der Waals surface area contributed by atoms with Crippen LogP contribution >= 0.6 is 0 Å². The van der Waals surface area contributed by atoms with Crippen molar-refractivity contribution in [1.29, 1.82) is 0 Å². The Balaban J connectivity index is 1.51. The number of H-pyrrole nitrogens is 1. The lowest BCUT2D eigenvalue weighted by atomic mass is 10.4. The summed E-state index contributed by atoms with van der Waals surface area (Å²) in [5.74, 6) is 1.80. The summed E-state index contributed by atoms with van der Waals surface area (Å²) in [5.41, 5.74) is 1.39. The maximum absolute atomic E-state index is 5.29. The van der Waals surface area contributed by atoms with Crippen LogP contribution in [-0.2, 0) is 13.1 Å². The van der Waals surface area contributed by atoms with Crippen molar-refractivity contribution in [3.05, 3.63) is 42.8 Å². The topological polar surface area (TPSA) is 114 Å². The van der Waals surface area contributed by atoms with E-state index in [2.05, 4.69) is 35.2 Å². The second-order valence-corrected chi connectivity index (χ2v) is 4.96. The standard InChI is InChI=1S/C13H13N9O/c1-21(13-11-12(15-7-14-11)16-8-17-13)6-10-19-9(20-23-10)5-22-4-2-3-18-22/h2-4,7-8H,5-6H2,1H3,(H,14,15,16,17). The zero-order valence-corrected chi connectivity index (χ0v) is 12.3. The van der Waals surface area contributed by atoms with Gasteiger partial charge in [-0.2, -0.15) is 10.1 Å². The smallest absolute Gasteiger partial charge is 0.246 e. The first-order chi connectivity index (χ1) is 11.3. The van der Waals surface area contributed by atoms with Crippen molar-refractivity contribution in [1.82, 2.24) is 39.9 Å². The van der Waals surface area contributed by atoms with Gasteiger partial charge in [0.25, 0.3) is 0 Å². The SMILES string of the molecule is CN(Cc1nc(Cn2cccn2)no1)c1ncnc2nc[nH]c12. The van der Waals surface area contributed by atoms with Crippen molar-refractivity contribution < 1.29 is 4.52 Å². The van der Waals surface area contributed by atoms with Crippen molar-refractivity contribution in [2.75, 3.05) is 11.9 Å². The molecule has 0 unspecified atom stereocenters. The van der Waals surface area contributed by atoms with Crippen LogP contribution in [0.3, 0.4) is 0 Å². The van der Waals surface area contributed by atoms with E-state index in [1.54, 1.807) is 17.2 Å². The summed E-state index contributed by atoms with van der Waals surface area (Å²) < 4.78 is 7.02. The summed E-state index contributed by atoms with van der Waals surface area (Å²) in [6, 6.07) is 1.85. The fourth-order valence-electron chi connectivity index (χ4n) is 2.28. The highest BCUT2D eigenvalue weighted by atomic mass is 16.5. The molecule has 0 aliphatic carbocycles. The van der Waals surface area contributed by atoms with E-state index in [0.29, 0.717) is 30.5 Å². The van der Waals surface area contributed by atoms with Crippen LogP contribution in [0.5, 0.6) is 0 Å². The Labute approximate surface area is 130 Å². The zero-order chi connectivity index (χ0) is 15.6. The molecule has 4 aromatic heterocycles. The molecule has 0 atom stereocenters. The lowest BCUT2D eigenvalue weighted by Gasteiger charge is -2.15. The minimum absolute atomic E-state index is 0.428. The molecule has 116 valence electrons. The van der Waals surface area contributed by atoms with Gasteiger partial charge in [0.05, 0.1) is 12.9 Å². The number of rotatable bonds is 5. The first kappa shape index (κ1) is 13.4. The van der Waals surface area contributed by atoms with Gasteiger partial charge in [-0.05, 0) is 6.07 Å². The summed E-state index contributed by atoms with van der Waals surface area (Å²) in [7, 11) is 1.89. The van der Waals surface area contributed by atoms with Crippen LogP contribution < -0.4 is 4.90 Å². The highest BCUT2D eigenvalue weighted by Crippen LogP contribution is 2.19. The van der Waals surface area contributed by atoms with Gasteiger partial charge in [-0.1, -0.05) is 5.16 Å². The number of anilines is 1. The van der Waals surface area contributed by atoms with Crippen LogP contribution in [0.4, 0.5) is 5.82 Å². The van der Waals surface area contributed by atoms with Crippen molar-refractivity contribution in [2.45, 2.75) is 13.1 Å². The molecule has 4 aromatic rings. The number of nitrogens with one attached hydrogen (secondary N) is 1. The Morgan fingerprint density at radius 3 is 3.13 bits per heavy atom. The summed E-state index contributed by atoms with van der Waals surface area (Å²) >= 11 is 0. The monoisotopic (exact) mass is 311 g/mol. The second-order valence-electron chi connectivity index (χ2n) is 4.96. The molecule has 23 heavy (non-hydrogen) atoms. The molecule has 1 N–H and O–H groups in total. The van der Waals surface area contributed by atoms with E-state index in [1.807, 2.05) is 24.2 Å². The molecule has 4 rings (SSSR count). The predicted octanol–water partition coefficient (Wildman–Crippen LogP) is 0.617. The number of aromatic nitrogens is 8. The highest BCUT2D eigenvalue weighted by molar-refractivity contribution is 5.82. The lowest BCUT2D eigenvalue weighted by molar-refractivity contribution is 0.371. The molecule has 0 aliphatic heterocycles. The van der Waals surface area contributed by atoms with Crippen molar-refractivity contribution >= 4 is 17.0 Å². The number of aromatic amines is 1. The third-order valence-corrected chi connectivity index (χ3v) is 3.31. The first-order valence-electron chi connectivity index (χ1n) is 6.94. The van der Waals surface area contributed by atoms with Crippen LogP contribution in [0, 0.1) is 0 Å². The van der Waals surface area contributed by atoms with E-state index < -0.39 is 0 Å². The molecule has 10 heteroatoms. The average molecular weight is 311 g/mol. The molecule has 0 fully saturated rings. The molecule has 0 bridgehead atoms. The molecule has 0 aliphatic rings. The van der Waals surface area contributed by atoms with Crippen LogP contribution in [-0.4, -0.2) is 46.9 Å². The first-order valence-corrected chi connectivity index (χ1v) is 6.94. The third-order valence-electron chi connectivity index (χ3n) is 3.31. The Kier molecular flexibility index (Phi) is 3.18. The Morgan fingerprint density at radius 1 is 1.30 bits per heavy atom. The fraction of sp³-hybridized carbons (Fsp3) is 0.231. The average Bonchev–Trinajstić information content (AvgIpc) is 3.28. The van der Waals surface area contributed by atoms with Crippen molar-refractivity contribution in [3.63, 3.8) is 0 Å². The van der Waals surface area contributed by atoms with Gasteiger partial charge in [-0.15, -0.1) is 0 Å². The van der Waals surface area contributed by atoms with E-state index in [4.69, 9.17) is 4.52 Å². The van der Waals surface area contributed by atoms with Gasteiger partial charge >= 0.3 is 0 Å². The summed E-state index contributed by atoms with van der Waals surface area (Å²) in [6.45, 7) is 0.899. The zero-order valence-electron chi connectivity index (χ0n) is 12.3. The van der Waals surface area contributed by atoms with Gasteiger partial charge in [-0.3, -0.25) is 4.68 Å². The van der Waals surface area contributed by atoms with Gasteiger partial charge in [0.15, 0.2) is 17.3 Å². The number of hydrogen-bond donors (Lipinski definition) is 1. The summed E-state index contributed by atoms with van der Waals surface area (Å²) in [6.07, 6.45) is 6.62. The summed E-state index contributed by atoms with van der Waals surface area (Å²) in [4.78, 5) is 21.8. The minimum Gasteiger partial charge on any atom is -0.348 e. The molecule has 0 saturated heterocycles. The molecular formula is C13H13N9O. The third kappa shape index (κ3) is 2.61. The maximum Gasteiger partial charge on any atom is 0.246 e. The largest absolute Gasteiger partial charge is 0.348 e. The van der Waals surface area contributed by atoms with Crippen LogP contribution in [0.25, 0.3) is 11.2 Å². The normalized spacial score (nSPS) is 11.2. The van der Waals surface area contributed by atoms with E-state index in [-0.39, 0.29) is 0 Å². The van der Waals surface area contributed by atoms with Gasteiger partial charge in [0.2, 0.25) is 5.89 Å². The van der Waals surface area contributed by atoms with Crippen molar-refractivity contribution in [3.8, 4) is 0 Å². The van der Waals surface area contributed by atoms with Crippen LogP contribution in [0.15, 0.2) is 35.6 Å².